The van der Waals surface area contributed by atoms with Crippen LogP contribution in [0.1, 0.15) is 22.8 Å². The molecule has 0 saturated carbocycles. The summed E-state index contributed by atoms with van der Waals surface area (Å²) in [5.41, 5.74) is 2.88. The molecule has 0 bridgehead atoms. The van der Waals surface area contributed by atoms with Gasteiger partial charge < -0.3 is 20.1 Å². The monoisotopic (exact) mass is 450 g/mol. The zero-order valence-electron chi connectivity index (χ0n) is 18.5. The van der Waals surface area contributed by atoms with Crippen LogP contribution in [0, 0.1) is 6.92 Å². The third-order valence-corrected chi connectivity index (χ3v) is 5.88. The number of methoxy groups -OCH3 is 2. The lowest BCUT2D eigenvalue weighted by Crippen LogP contribution is -2.22. The fraction of sp³-hybridized carbons (Fsp3) is 0.200. The molecular formula is C25H26N2O4S. The van der Waals surface area contributed by atoms with Crippen LogP contribution < -0.4 is 20.1 Å². The molecule has 0 radical (unpaired) electrons. The third kappa shape index (κ3) is 5.82. The van der Waals surface area contributed by atoms with Crippen LogP contribution in [0.3, 0.4) is 0 Å². The van der Waals surface area contributed by atoms with Gasteiger partial charge in [0.1, 0.15) is 17.1 Å². The van der Waals surface area contributed by atoms with Gasteiger partial charge in [-0.3, -0.25) is 9.59 Å². The Kier molecular flexibility index (Phi) is 7.78. The van der Waals surface area contributed by atoms with Crippen LogP contribution in [0.5, 0.6) is 11.5 Å². The first kappa shape index (κ1) is 23.2. The van der Waals surface area contributed by atoms with Gasteiger partial charge in [-0.15, -0.1) is 11.8 Å². The van der Waals surface area contributed by atoms with Crippen molar-refractivity contribution < 1.29 is 19.1 Å². The smallest absolute Gasteiger partial charge is 0.263 e. The van der Waals surface area contributed by atoms with Gasteiger partial charge in [0.05, 0.1) is 19.5 Å². The number of hydrogen-bond acceptors (Lipinski definition) is 5. The minimum absolute atomic E-state index is 0.0699. The molecular weight excluding hydrogens is 424 g/mol. The number of carbonyl (C=O) groups is 2. The van der Waals surface area contributed by atoms with E-state index in [1.54, 1.807) is 30.3 Å². The van der Waals surface area contributed by atoms with Gasteiger partial charge in [-0.2, -0.15) is 0 Å². The minimum atomic E-state index is -0.328. The summed E-state index contributed by atoms with van der Waals surface area (Å²) in [5, 5.41) is 5.50. The Balaban J connectivity index is 1.62. The zero-order chi connectivity index (χ0) is 23.1. The number of aryl methyl sites for hydroxylation is 1. The first-order valence-electron chi connectivity index (χ1n) is 10.1. The van der Waals surface area contributed by atoms with Crippen LogP contribution in [0.25, 0.3) is 0 Å². The van der Waals surface area contributed by atoms with Crippen LogP contribution in [0.15, 0.2) is 71.6 Å². The highest BCUT2D eigenvalue weighted by atomic mass is 32.2. The number of benzene rings is 3. The van der Waals surface area contributed by atoms with E-state index in [2.05, 4.69) is 10.6 Å². The highest BCUT2D eigenvalue weighted by molar-refractivity contribution is 8.00. The van der Waals surface area contributed by atoms with E-state index in [0.29, 0.717) is 22.7 Å². The van der Waals surface area contributed by atoms with Gasteiger partial charge in [0.25, 0.3) is 5.91 Å². The molecule has 7 heteroatoms. The fourth-order valence-corrected chi connectivity index (χ4v) is 3.89. The molecule has 1 unspecified atom stereocenters. The van der Waals surface area contributed by atoms with E-state index in [0.717, 1.165) is 16.1 Å². The first-order valence-corrected chi connectivity index (χ1v) is 11.0. The van der Waals surface area contributed by atoms with Gasteiger partial charge in [-0.25, -0.2) is 0 Å². The van der Waals surface area contributed by atoms with Crippen molar-refractivity contribution in [3.8, 4) is 11.5 Å². The number of carbonyl (C=O) groups excluding carboxylic acids is 2. The molecule has 32 heavy (non-hydrogen) atoms. The predicted molar refractivity (Wildman–Crippen MR) is 129 cm³/mol. The van der Waals surface area contributed by atoms with E-state index >= 15 is 0 Å². The number of ether oxygens (including phenoxy) is 2. The lowest BCUT2D eigenvalue weighted by atomic mass is 10.1. The lowest BCUT2D eigenvalue weighted by molar-refractivity contribution is -0.115. The van der Waals surface area contributed by atoms with Gasteiger partial charge in [0, 0.05) is 16.3 Å². The SMILES string of the molecule is COc1cccc(OC)c1C(=O)Nc1ccc(SC(C)C(=O)Nc2ccc(C)cc2)cc1. The van der Waals surface area contributed by atoms with Crippen molar-refractivity contribution in [1.29, 1.82) is 0 Å². The standard InChI is InChI=1S/C25H26N2O4S/c1-16-8-10-18(11-9-16)26-24(28)17(2)32-20-14-12-19(13-15-20)27-25(29)23-21(30-3)6-5-7-22(23)31-4/h5-15,17H,1-4H3,(H,26,28)(H,27,29). The van der Waals surface area contributed by atoms with Crippen molar-refractivity contribution in [3.63, 3.8) is 0 Å². The van der Waals surface area contributed by atoms with Gasteiger partial charge in [-0.1, -0.05) is 23.8 Å². The number of nitrogens with one attached hydrogen (secondary N) is 2. The molecule has 6 nitrogen and oxygen atoms in total. The summed E-state index contributed by atoms with van der Waals surface area (Å²) in [6, 6.07) is 20.2. The van der Waals surface area contributed by atoms with Crippen LogP contribution in [0.4, 0.5) is 11.4 Å². The van der Waals surface area contributed by atoms with E-state index in [1.165, 1.54) is 26.0 Å². The summed E-state index contributed by atoms with van der Waals surface area (Å²) >= 11 is 1.45. The average Bonchev–Trinajstić information content (AvgIpc) is 2.81. The van der Waals surface area contributed by atoms with Crippen LogP contribution >= 0.6 is 11.8 Å². The molecule has 0 aliphatic rings. The normalized spacial score (nSPS) is 11.4. The summed E-state index contributed by atoms with van der Waals surface area (Å²) in [6.07, 6.45) is 0. The molecule has 3 aromatic carbocycles. The van der Waals surface area contributed by atoms with Crippen molar-refractivity contribution in [1.82, 2.24) is 0 Å². The van der Waals surface area contributed by atoms with E-state index in [1.807, 2.05) is 50.2 Å². The maximum atomic E-state index is 12.8. The maximum Gasteiger partial charge on any atom is 0.263 e. The molecule has 1 atom stereocenters. The number of rotatable bonds is 8. The number of amides is 2. The topological polar surface area (TPSA) is 76.7 Å². The highest BCUT2D eigenvalue weighted by Crippen LogP contribution is 2.30. The second-order valence-electron chi connectivity index (χ2n) is 7.13. The Morgan fingerprint density at radius 2 is 1.34 bits per heavy atom. The third-order valence-electron chi connectivity index (χ3n) is 4.77. The Morgan fingerprint density at radius 1 is 0.812 bits per heavy atom. The fourth-order valence-electron chi connectivity index (χ4n) is 3.02. The number of hydrogen-bond donors (Lipinski definition) is 2. The molecule has 3 aromatic rings. The van der Waals surface area contributed by atoms with Crippen LogP contribution in [0.2, 0.25) is 0 Å². The highest BCUT2D eigenvalue weighted by Gasteiger charge is 2.19. The molecule has 2 N–H and O–H groups in total. The zero-order valence-corrected chi connectivity index (χ0v) is 19.3. The van der Waals surface area contributed by atoms with Gasteiger partial charge >= 0.3 is 0 Å². The molecule has 0 fully saturated rings. The predicted octanol–water partition coefficient (Wildman–Crippen LogP) is 5.38. The molecule has 0 saturated heterocycles. The molecule has 2 amide bonds. The number of thioether (sulfide) groups is 1. The van der Waals surface area contributed by atoms with Crippen molar-refractivity contribution in [2.24, 2.45) is 0 Å². The first-order chi connectivity index (χ1) is 15.4. The van der Waals surface area contributed by atoms with Gasteiger partial charge in [0.15, 0.2) is 0 Å². The van der Waals surface area contributed by atoms with Crippen LogP contribution in [-0.2, 0) is 4.79 Å². The molecule has 0 aliphatic carbocycles. The average molecular weight is 451 g/mol. The minimum Gasteiger partial charge on any atom is -0.496 e. The van der Waals surface area contributed by atoms with E-state index in [4.69, 9.17) is 9.47 Å². The molecule has 0 spiro atoms. The Labute approximate surface area is 192 Å². The van der Waals surface area contributed by atoms with Gasteiger partial charge in [-0.05, 0) is 62.4 Å². The largest absolute Gasteiger partial charge is 0.496 e. The molecule has 3 rings (SSSR count). The van der Waals surface area contributed by atoms with Crippen molar-refractivity contribution >= 4 is 35.0 Å². The van der Waals surface area contributed by atoms with E-state index in [9.17, 15) is 9.59 Å². The molecule has 166 valence electrons. The summed E-state index contributed by atoms with van der Waals surface area (Å²) < 4.78 is 10.6. The number of anilines is 2. The van der Waals surface area contributed by atoms with Crippen molar-refractivity contribution in [2.45, 2.75) is 24.0 Å². The van der Waals surface area contributed by atoms with E-state index in [-0.39, 0.29) is 17.1 Å². The van der Waals surface area contributed by atoms with Crippen molar-refractivity contribution in [3.05, 3.63) is 77.9 Å². The Bertz CT molecular complexity index is 1060. The lowest BCUT2D eigenvalue weighted by Gasteiger charge is -2.14. The molecule has 0 aromatic heterocycles. The summed E-state index contributed by atoms with van der Waals surface area (Å²) in [4.78, 5) is 26.2. The molecule has 0 aliphatic heterocycles. The maximum absolute atomic E-state index is 12.8. The van der Waals surface area contributed by atoms with E-state index < -0.39 is 0 Å². The second kappa shape index (κ2) is 10.7. The summed E-state index contributed by atoms with van der Waals surface area (Å²) in [6.45, 7) is 3.86. The second-order valence-corrected chi connectivity index (χ2v) is 8.55. The summed E-state index contributed by atoms with van der Waals surface area (Å²) in [5.74, 6) is 0.468. The van der Waals surface area contributed by atoms with Gasteiger partial charge in [0.2, 0.25) is 5.91 Å². The quantitative estimate of drug-likeness (QED) is 0.451. The summed E-state index contributed by atoms with van der Waals surface area (Å²) in [7, 11) is 3.02. The van der Waals surface area contributed by atoms with Crippen molar-refractivity contribution in [2.75, 3.05) is 24.9 Å². The van der Waals surface area contributed by atoms with Crippen LogP contribution in [-0.4, -0.2) is 31.3 Å². The molecule has 0 heterocycles. The Hall–Kier alpha value is -3.45. The Morgan fingerprint density at radius 3 is 1.91 bits per heavy atom.